The van der Waals surface area contributed by atoms with Crippen LogP contribution in [-0.4, -0.2) is 47.9 Å². The van der Waals surface area contributed by atoms with E-state index in [0.29, 0.717) is 11.6 Å². The summed E-state index contributed by atoms with van der Waals surface area (Å²) in [5, 5.41) is 10.8. The molecule has 1 aliphatic rings. The van der Waals surface area contributed by atoms with Crippen molar-refractivity contribution in [3.63, 3.8) is 0 Å². The number of hydrogen-bond donors (Lipinski definition) is 2. The summed E-state index contributed by atoms with van der Waals surface area (Å²) < 4.78 is 0. The summed E-state index contributed by atoms with van der Waals surface area (Å²) in [6.07, 6.45) is 0. The van der Waals surface area contributed by atoms with Crippen LogP contribution in [0, 0.1) is 0 Å². The van der Waals surface area contributed by atoms with Crippen molar-refractivity contribution in [3.05, 3.63) is 46.2 Å². The quantitative estimate of drug-likeness (QED) is 0.783. The van der Waals surface area contributed by atoms with Gasteiger partial charge in [-0.05, 0) is 38.5 Å². The van der Waals surface area contributed by atoms with Gasteiger partial charge >= 0.3 is 0 Å². The van der Waals surface area contributed by atoms with Gasteiger partial charge < -0.3 is 14.9 Å². The van der Waals surface area contributed by atoms with Crippen LogP contribution in [0.15, 0.2) is 35.6 Å². The molecule has 0 bridgehead atoms. The molecule has 1 aromatic rings. The van der Waals surface area contributed by atoms with E-state index in [1.165, 1.54) is 11.8 Å². The van der Waals surface area contributed by atoms with Crippen LogP contribution < -0.4 is 4.90 Å². The molecule has 130 valence electrons. The Balaban J connectivity index is 2.36. The van der Waals surface area contributed by atoms with Crippen LogP contribution >= 0.6 is 11.6 Å². The van der Waals surface area contributed by atoms with Crippen molar-refractivity contribution in [2.24, 2.45) is 0 Å². The minimum Gasteiger partial charge on any atom is -0.503 e. The van der Waals surface area contributed by atoms with E-state index in [9.17, 15) is 14.7 Å². The number of hydrogen-bond acceptors (Lipinski definition) is 3. The Morgan fingerprint density at radius 1 is 1.25 bits per heavy atom. The number of nitrogens with one attached hydrogen (secondary N) is 1. The van der Waals surface area contributed by atoms with Crippen LogP contribution in [0.2, 0.25) is 5.02 Å². The van der Waals surface area contributed by atoms with Gasteiger partial charge in [0.2, 0.25) is 0 Å². The molecule has 1 aliphatic heterocycles. The lowest BCUT2D eigenvalue weighted by Crippen LogP contribution is -3.12. The highest BCUT2D eigenvalue weighted by Gasteiger charge is 2.42. The Morgan fingerprint density at radius 3 is 2.33 bits per heavy atom. The molecule has 2 rings (SSSR count). The average Bonchev–Trinajstić information content (AvgIpc) is 2.81. The van der Waals surface area contributed by atoms with Gasteiger partial charge in [-0.25, -0.2) is 0 Å². The van der Waals surface area contributed by atoms with Crippen molar-refractivity contribution in [1.82, 2.24) is 4.90 Å². The zero-order valence-electron chi connectivity index (χ0n) is 14.3. The van der Waals surface area contributed by atoms with Crippen molar-refractivity contribution in [2.75, 3.05) is 26.2 Å². The lowest BCUT2D eigenvalue weighted by atomic mass is 9.97. The second-order valence-electron chi connectivity index (χ2n) is 5.98. The van der Waals surface area contributed by atoms with Crippen molar-refractivity contribution < 1.29 is 19.6 Å². The third-order valence-electron chi connectivity index (χ3n) is 4.57. The highest BCUT2D eigenvalue weighted by molar-refractivity contribution is 6.30. The molecule has 1 amide bonds. The third-order valence-corrected chi connectivity index (χ3v) is 4.83. The topological polar surface area (TPSA) is 62.1 Å². The van der Waals surface area contributed by atoms with Crippen LogP contribution in [0.1, 0.15) is 32.4 Å². The van der Waals surface area contributed by atoms with E-state index >= 15 is 0 Å². The summed E-state index contributed by atoms with van der Waals surface area (Å²) in [4.78, 5) is 27.5. The largest absolute Gasteiger partial charge is 0.503 e. The van der Waals surface area contributed by atoms with Crippen molar-refractivity contribution in [1.29, 1.82) is 0 Å². The summed E-state index contributed by atoms with van der Waals surface area (Å²) in [6, 6.07) is 6.48. The Morgan fingerprint density at radius 2 is 1.83 bits per heavy atom. The first-order valence-electron chi connectivity index (χ1n) is 8.24. The van der Waals surface area contributed by atoms with Crippen LogP contribution in [0.5, 0.6) is 0 Å². The Bertz CT molecular complexity index is 651. The molecule has 6 heteroatoms. The van der Waals surface area contributed by atoms with E-state index in [4.69, 9.17) is 11.6 Å². The Kier molecular flexibility index (Phi) is 6.02. The molecular weight excluding hydrogens is 328 g/mol. The molecular formula is C18H24ClN2O3+. The molecule has 24 heavy (non-hydrogen) atoms. The zero-order valence-corrected chi connectivity index (χ0v) is 15.1. The number of carbonyl (C=O) groups is 2. The zero-order chi connectivity index (χ0) is 17.9. The summed E-state index contributed by atoms with van der Waals surface area (Å²) in [7, 11) is 0. The summed E-state index contributed by atoms with van der Waals surface area (Å²) in [5.41, 5.74) is 0.938. The van der Waals surface area contributed by atoms with Gasteiger partial charge in [0.15, 0.2) is 11.5 Å². The van der Waals surface area contributed by atoms with Gasteiger partial charge in [-0.15, -0.1) is 0 Å². The number of carbonyl (C=O) groups excluding carboxylic acids is 2. The van der Waals surface area contributed by atoms with Crippen molar-refractivity contribution >= 4 is 23.3 Å². The third kappa shape index (κ3) is 3.62. The van der Waals surface area contributed by atoms with Gasteiger partial charge in [0.05, 0.1) is 37.8 Å². The first-order valence-corrected chi connectivity index (χ1v) is 8.62. The van der Waals surface area contributed by atoms with E-state index in [1.807, 2.05) is 0 Å². The van der Waals surface area contributed by atoms with E-state index in [0.717, 1.165) is 25.2 Å². The molecule has 5 nitrogen and oxygen atoms in total. The van der Waals surface area contributed by atoms with Crippen LogP contribution in [-0.2, 0) is 9.59 Å². The van der Waals surface area contributed by atoms with E-state index in [2.05, 4.69) is 13.8 Å². The molecule has 2 N–H and O–H groups in total. The SMILES string of the molecule is CC[NH+](CC)CCN1C(=O)C(O)=C(C(C)=O)[C@H]1c1ccc(Cl)cc1. The molecule has 0 saturated heterocycles. The van der Waals surface area contributed by atoms with Crippen molar-refractivity contribution in [3.8, 4) is 0 Å². The van der Waals surface area contributed by atoms with Gasteiger partial charge in [0, 0.05) is 5.02 Å². The number of nitrogens with zero attached hydrogens (tertiary/aromatic N) is 1. The Labute approximate surface area is 147 Å². The highest BCUT2D eigenvalue weighted by Crippen LogP contribution is 2.37. The molecule has 1 atom stereocenters. The van der Waals surface area contributed by atoms with Gasteiger partial charge in [0.25, 0.3) is 5.91 Å². The Hall–Kier alpha value is -1.85. The predicted octanol–water partition coefficient (Wildman–Crippen LogP) is 1.55. The number of ketones is 1. The fraction of sp³-hybridized carbons (Fsp3) is 0.444. The number of Topliss-reactive ketones (excluding diaryl/α,β-unsaturated/α-hetero) is 1. The number of halogens is 1. The first-order chi connectivity index (χ1) is 11.4. The number of benzene rings is 1. The molecule has 0 saturated carbocycles. The normalized spacial score (nSPS) is 18.0. The van der Waals surface area contributed by atoms with Gasteiger partial charge in [-0.1, -0.05) is 23.7 Å². The number of rotatable bonds is 7. The number of amides is 1. The summed E-state index contributed by atoms with van der Waals surface area (Å²) in [6.45, 7) is 8.73. The van der Waals surface area contributed by atoms with Crippen LogP contribution in [0.3, 0.4) is 0 Å². The summed E-state index contributed by atoms with van der Waals surface area (Å²) in [5.74, 6) is -1.21. The maximum atomic E-state index is 12.5. The van der Waals surface area contributed by atoms with Gasteiger partial charge in [0.1, 0.15) is 0 Å². The van der Waals surface area contributed by atoms with E-state index in [1.54, 1.807) is 29.2 Å². The number of aliphatic hydroxyl groups excluding tert-OH is 1. The van der Waals surface area contributed by atoms with E-state index < -0.39 is 17.7 Å². The number of likely N-dealkylation sites (N-methyl/N-ethyl adjacent to an activating group) is 1. The first kappa shape index (κ1) is 18.5. The molecule has 1 heterocycles. The fourth-order valence-corrected chi connectivity index (χ4v) is 3.24. The second kappa shape index (κ2) is 7.81. The van der Waals surface area contributed by atoms with Crippen LogP contribution in [0.25, 0.3) is 0 Å². The number of aliphatic hydroxyl groups is 1. The minimum absolute atomic E-state index is 0.164. The van der Waals surface area contributed by atoms with Gasteiger partial charge in [-0.2, -0.15) is 0 Å². The number of quaternary nitrogens is 1. The highest BCUT2D eigenvalue weighted by atomic mass is 35.5. The fourth-order valence-electron chi connectivity index (χ4n) is 3.12. The molecule has 0 spiro atoms. The summed E-state index contributed by atoms with van der Waals surface area (Å²) >= 11 is 5.94. The molecule has 0 unspecified atom stereocenters. The standard InChI is InChI=1S/C18H23ClN2O3/c1-4-20(5-2)10-11-21-16(13-6-8-14(19)9-7-13)15(12(3)22)17(23)18(21)24/h6-9,16,23H,4-5,10-11H2,1-3H3/p+1/t16-/m1/s1. The smallest absolute Gasteiger partial charge is 0.290 e. The van der Waals surface area contributed by atoms with Gasteiger partial charge in [-0.3, -0.25) is 9.59 Å². The maximum absolute atomic E-state index is 12.5. The lowest BCUT2D eigenvalue weighted by molar-refractivity contribution is -0.895. The average molecular weight is 352 g/mol. The van der Waals surface area contributed by atoms with Crippen LogP contribution in [0.4, 0.5) is 0 Å². The molecule has 0 aliphatic carbocycles. The molecule has 1 aromatic carbocycles. The molecule has 0 radical (unpaired) electrons. The van der Waals surface area contributed by atoms with Crippen molar-refractivity contribution in [2.45, 2.75) is 26.8 Å². The predicted molar refractivity (Wildman–Crippen MR) is 93.2 cm³/mol. The second-order valence-corrected chi connectivity index (χ2v) is 6.41. The maximum Gasteiger partial charge on any atom is 0.290 e. The lowest BCUT2D eigenvalue weighted by Gasteiger charge is -2.28. The minimum atomic E-state index is -0.553. The monoisotopic (exact) mass is 351 g/mol. The molecule has 0 fully saturated rings. The van der Waals surface area contributed by atoms with E-state index in [-0.39, 0.29) is 11.4 Å². The molecule has 0 aromatic heterocycles.